The van der Waals surface area contributed by atoms with Crippen molar-refractivity contribution in [3.05, 3.63) is 126 Å². The number of carbonyl (C=O) groups is 1. The van der Waals surface area contributed by atoms with Crippen LogP contribution in [0, 0.1) is 0 Å². The fourth-order valence-corrected chi connectivity index (χ4v) is 3.29. The zero-order valence-corrected chi connectivity index (χ0v) is 16.6. The van der Waals surface area contributed by atoms with E-state index in [0.717, 1.165) is 16.9 Å². The van der Waals surface area contributed by atoms with Crippen LogP contribution in [0.3, 0.4) is 0 Å². The Kier molecular flexibility index (Phi) is 6.16. The van der Waals surface area contributed by atoms with Crippen LogP contribution in [0.2, 0.25) is 0 Å². The average Bonchev–Trinajstić information content (AvgIpc) is 2.83. The lowest BCUT2D eigenvalue weighted by molar-refractivity contribution is 0.0950. The molecule has 1 heterocycles. The van der Waals surface area contributed by atoms with E-state index >= 15 is 0 Å². The number of rotatable bonds is 7. The largest absolute Gasteiger partial charge is 0.348 e. The summed E-state index contributed by atoms with van der Waals surface area (Å²) in [7, 11) is 0. The third kappa shape index (κ3) is 4.92. The summed E-state index contributed by atoms with van der Waals surface area (Å²) in [4.78, 5) is 19.2. The Bertz CT molecular complexity index is 1080. The number of amides is 1. The highest BCUT2D eigenvalue weighted by atomic mass is 16.1. The fraction of sp³-hybridized carbons (Fsp3) is 0.0769. The van der Waals surface area contributed by atoms with Crippen LogP contribution in [0.25, 0.3) is 0 Å². The van der Waals surface area contributed by atoms with Crippen LogP contribution in [0.15, 0.2) is 109 Å². The van der Waals surface area contributed by atoms with Crippen LogP contribution in [-0.4, -0.2) is 10.9 Å². The van der Waals surface area contributed by atoms with Crippen molar-refractivity contribution in [3.8, 4) is 0 Å². The summed E-state index contributed by atoms with van der Waals surface area (Å²) in [6, 6.07) is 32.2. The molecule has 0 aliphatic rings. The van der Waals surface area contributed by atoms with Gasteiger partial charge in [0, 0.05) is 25.0 Å². The molecule has 0 bridgehead atoms. The summed E-state index contributed by atoms with van der Waals surface area (Å²) in [5, 5.41) is 2.97. The third-order valence-electron chi connectivity index (χ3n) is 4.84. The van der Waals surface area contributed by atoms with Gasteiger partial charge in [0.1, 0.15) is 0 Å². The van der Waals surface area contributed by atoms with Gasteiger partial charge in [-0.15, -0.1) is 0 Å². The first-order valence-electron chi connectivity index (χ1n) is 9.93. The lowest BCUT2D eigenvalue weighted by atomic mass is 10.1. The number of para-hydroxylation sites is 1. The first-order chi connectivity index (χ1) is 14.8. The summed E-state index contributed by atoms with van der Waals surface area (Å²) in [5.41, 5.74) is 4.70. The number of hydrogen-bond donors (Lipinski definition) is 1. The van der Waals surface area contributed by atoms with Gasteiger partial charge in [-0.2, -0.15) is 0 Å². The number of benzene rings is 3. The maximum atomic E-state index is 12.7. The first-order valence-corrected chi connectivity index (χ1v) is 9.93. The first kappa shape index (κ1) is 19.4. The van der Waals surface area contributed by atoms with Crippen molar-refractivity contribution >= 4 is 17.3 Å². The van der Waals surface area contributed by atoms with Crippen LogP contribution >= 0.6 is 0 Å². The van der Waals surface area contributed by atoms with E-state index in [0.29, 0.717) is 18.7 Å². The zero-order valence-electron chi connectivity index (χ0n) is 16.6. The van der Waals surface area contributed by atoms with Gasteiger partial charge in [0.25, 0.3) is 5.91 Å². The molecule has 0 atom stereocenters. The summed E-state index contributed by atoms with van der Waals surface area (Å²) in [6.07, 6.45) is 3.40. The maximum Gasteiger partial charge on any atom is 0.253 e. The monoisotopic (exact) mass is 393 g/mol. The molecule has 4 heteroatoms. The molecular weight excluding hydrogens is 370 g/mol. The summed E-state index contributed by atoms with van der Waals surface area (Å²) in [6.45, 7) is 1.16. The van der Waals surface area contributed by atoms with Crippen molar-refractivity contribution in [1.29, 1.82) is 0 Å². The highest BCUT2D eigenvalue weighted by molar-refractivity contribution is 5.94. The second kappa shape index (κ2) is 9.52. The average molecular weight is 393 g/mol. The molecule has 0 spiro atoms. The summed E-state index contributed by atoms with van der Waals surface area (Å²) < 4.78 is 0. The van der Waals surface area contributed by atoms with E-state index in [2.05, 4.69) is 39.5 Å². The quantitative estimate of drug-likeness (QED) is 0.460. The van der Waals surface area contributed by atoms with Gasteiger partial charge in [-0.05, 0) is 29.3 Å². The van der Waals surface area contributed by atoms with E-state index in [1.54, 1.807) is 12.4 Å². The van der Waals surface area contributed by atoms with E-state index < -0.39 is 0 Å². The second-order valence-electron chi connectivity index (χ2n) is 7.01. The molecule has 3 aromatic carbocycles. The predicted octanol–water partition coefficient (Wildman–Crippen LogP) is 5.35. The summed E-state index contributed by atoms with van der Waals surface area (Å²) >= 11 is 0. The Hall–Kier alpha value is -3.92. The Morgan fingerprint density at radius 2 is 1.33 bits per heavy atom. The van der Waals surface area contributed by atoms with Crippen molar-refractivity contribution in [2.45, 2.75) is 13.1 Å². The maximum absolute atomic E-state index is 12.7. The van der Waals surface area contributed by atoms with Crippen LogP contribution in [-0.2, 0) is 13.1 Å². The number of nitrogens with one attached hydrogen (secondary N) is 1. The van der Waals surface area contributed by atoms with Crippen LogP contribution in [0.5, 0.6) is 0 Å². The molecule has 0 saturated carbocycles. The van der Waals surface area contributed by atoms with Gasteiger partial charge in [-0.3, -0.25) is 9.78 Å². The molecule has 0 saturated heterocycles. The predicted molar refractivity (Wildman–Crippen MR) is 121 cm³/mol. The minimum Gasteiger partial charge on any atom is -0.348 e. The van der Waals surface area contributed by atoms with E-state index in [1.807, 2.05) is 72.8 Å². The normalized spacial score (nSPS) is 10.4. The minimum absolute atomic E-state index is 0.138. The van der Waals surface area contributed by atoms with Crippen LogP contribution in [0.1, 0.15) is 21.5 Å². The van der Waals surface area contributed by atoms with E-state index in [4.69, 9.17) is 0 Å². The topological polar surface area (TPSA) is 45.2 Å². The van der Waals surface area contributed by atoms with E-state index in [1.165, 1.54) is 5.56 Å². The molecular formula is C26H23N3O. The van der Waals surface area contributed by atoms with Crippen molar-refractivity contribution in [3.63, 3.8) is 0 Å². The second-order valence-corrected chi connectivity index (χ2v) is 7.01. The molecule has 4 aromatic rings. The smallest absolute Gasteiger partial charge is 0.253 e. The van der Waals surface area contributed by atoms with Gasteiger partial charge in [0.05, 0.1) is 17.4 Å². The number of carbonyl (C=O) groups excluding carboxylic acids is 1. The van der Waals surface area contributed by atoms with Crippen LogP contribution in [0.4, 0.5) is 11.4 Å². The van der Waals surface area contributed by atoms with E-state index in [-0.39, 0.29) is 5.91 Å². The molecule has 1 amide bonds. The number of aromatic nitrogens is 1. The Morgan fingerprint density at radius 3 is 2.00 bits per heavy atom. The van der Waals surface area contributed by atoms with Gasteiger partial charge < -0.3 is 10.2 Å². The van der Waals surface area contributed by atoms with Crippen molar-refractivity contribution < 1.29 is 4.79 Å². The number of nitrogens with zero attached hydrogens (tertiary/aromatic N) is 2. The van der Waals surface area contributed by atoms with E-state index in [9.17, 15) is 4.79 Å². The molecule has 1 aromatic heterocycles. The Morgan fingerprint density at radius 1 is 0.733 bits per heavy atom. The number of hydrogen-bond acceptors (Lipinski definition) is 3. The molecule has 1 N–H and O–H groups in total. The standard InChI is InChI=1S/C26H23N3O/c30-26(28-17-21-10-4-1-5-11-21)23-16-25(19-27-18-23)29(24-14-8-3-9-15-24)20-22-12-6-2-7-13-22/h1-16,18-19H,17,20H2,(H,28,30). The summed E-state index contributed by atoms with van der Waals surface area (Å²) in [5.74, 6) is -0.138. The lowest BCUT2D eigenvalue weighted by Crippen LogP contribution is -2.23. The molecule has 4 nitrogen and oxygen atoms in total. The number of anilines is 2. The Balaban J connectivity index is 1.57. The molecule has 4 rings (SSSR count). The van der Waals surface area contributed by atoms with Crippen LogP contribution < -0.4 is 10.2 Å². The van der Waals surface area contributed by atoms with Gasteiger partial charge in [0.15, 0.2) is 0 Å². The van der Waals surface area contributed by atoms with Gasteiger partial charge >= 0.3 is 0 Å². The lowest BCUT2D eigenvalue weighted by Gasteiger charge is -2.25. The molecule has 0 unspecified atom stereocenters. The van der Waals surface area contributed by atoms with Crippen molar-refractivity contribution in [1.82, 2.24) is 10.3 Å². The highest BCUT2D eigenvalue weighted by Crippen LogP contribution is 2.27. The highest BCUT2D eigenvalue weighted by Gasteiger charge is 2.14. The zero-order chi connectivity index (χ0) is 20.6. The van der Waals surface area contributed by atoms with Gasteiger partial charge in [-0.25, -0.2) is 0 Å². The minimum atomic E-state index is -0.138. The molecule has 148 valence electrons. The SMILES string of the molecule is O=C(NCc1ccccc1)c1cncc(N(Cc2ccccc2)c2ccccc2)c1. The van der Waals surface area contributed by atoms with Gasteiger partial charge in [0.2, 0.25) is 0 Å². The Labute approximate surface area is 176 Å². The number of pyridine rings is 1. The molecule has 0 aliphatic heterocycles. The third-order valence-corrected chi connectivity index (χ3v) is 4.84. The van der Waals surface area contributed by atoms with Crippen molar-refractivity contribution in [2.75, 3.05) is 4.90 Å². The molecule has 0 radical (unpaired) electrons. The molecule has 30 heavy (non-hydrogen) atoms. The fourth-order valence-electron chi connectivity index (χ4n) is 3.29. The molecule has 0 fully saturated rings. The van der Waals surface area contributed by atoms with Crippen molar-refractivity contribution in [2.24, 2.45) is 0 Å². The molecule has 0 aliphatic carbocycles. The van der Waals surface area contributed by atoms with Gasteiger partial charge in [-0.1, -0.05) is 78.9 Å².